The third kappa shape index (κ3) is 6.02. The van der Waals surface area contributed by atoms with Gasteiger partial charge in [-0.1, -0.05) is 163 Å². The third-order valence-electron chi connectivity index (χ3n) is 7.80. The van der Waals surface area contributed by atoms with Gasteiger partial charge >= 0.3 is 0 Å². The Bertz CT molecular complexity index is 1920. The van der Waals surface area contributed by atoms with E-state index in [4.69, 9.17) is 0 Å². The fourth-order valence-electron chi connectivity index (χ4n) is 5.77. The van der Waals surface area contributed by atoms with Crippen LogP contribution in [0, 0.1) is 13.8 Å². The Labute approximate surface area is 249 Å². The molecule has 0 fully saturated rings. The van der Waals surface area contributed by atoms with Crippen molar-refractivity contribution in [2.24, 2.45) is 0 Å². The molecule has 0 atom stereocenters. The summed E-state index contributed by atoms with van der Waals surface area (Å²) in [6.07, 6.45) is 0.914. The van der Waals surface area contributed by atoms with Crippen molar-refractivity contribution in [1.82, 2.24) is 0 Å². The van der Waals surface area contributed by atoms with Crippen LogP contribution in [0.25, 0.3) is 43.8 Å². The Balaban J connectivity index is 0.000000389. The number of aryl methyl sites for hydroxylation is 2. The number of benzene rings is 7. The fraction of sp³-hybridized carbons (Fsp3) is 0.0732. The van der Waals surface area contributed by atoms with E-state index in [9.17, 15) is 0 Å². The molecule has 0 aromatic heterocycles. The first-order chi connectivity index (χ1) is 20.2. The average Bonchev–Trinajstić information content (AvgIpc) is 3.02. The van der Waals surface area contributed by atoms with E-state index >= 15 is 0 Å². The molecule has 2 N–H and O–H groups in total. The Morgan fingerprint density at radius 2 is 0.929 bits per heavy atom. The summed E-state index contributed by atoms with van der Waals surface area (Å²) < 4.78 is 0. The van der Waals surface area contributed by atoms with E-state index < -0.39 is 0 Å². The van der Waals surface area contributed by atoms with Gasteiger partial charge in [0.15, 0.2) is 0 Å². The van der Waals surface area contributed by atoms with Gasteiger partial charge in [-0.15, -0.1) is 0 Å². The molecule has 0 aliphatic rings. The maximum absolute atomic E-state index is 2.32. The van der Waals surface area contributed by atoms with Gasteiger partial charge in [-0.05, 0) is 80.8 Å². The second-order valence-electron chi connectivity index (χ2n) is 10.7. The molecule has 1 heteroatoms. The molecule has 7 rings (SSSR count). The van der Waals surface area contributed by atoms with Crippen molar-refractivity contribution < 1.29 is 5.48 Å². The van der Waals surface area contributed by atoms with Crippen molar-refractivity contribution in [3.05, 3.63) is 180 Å². The molecular formula is C41H36O. The Morgan fingerprint density at radius 1 is 0.405 bits per heavy atom. The van der Waals surface area contributed by atoms with Crippen molar-refractivity contribution in [3.8, 4) is 22.3 Å². The number of hydrogen-bond acceptors (Lipinski definition) is 0. The molecule has 7 aromatic carbocycles. The molecule has 0 heterocycles. The first-order valence-corrected chi connectivity index (χ1v) is 14.3. The van der Waals surface area contributed by atoms with Crippen LogP contribution < -0.4 is 0 Å². The molecule has 0 saturated heterocycles. The lowest BCUT2D eigenvalue weighted by atomic mass is 9.83. The van der Waals surface area contributed by atoms with Gasteiger partial charge in [0, 0.05) is 0 Å². The summed E-state index contributed by atoms with van der Waals surface area (Å²) in [6, 6.07) is 56.5. The third-order valence-corrected chi connectivity index (χ3v) is 7.80. The van der Waals surface area contributed by atoms with Crippen LogP contribution in [0.3, 0.4) is 0 Å². The minimum atomic E-state index is 0. The highest BCUT2D eigenvalue weighted by Crippen LogP contribution is 2.43. The zero-order valence-electron chi connectivity index (χ0n) is 24.2. The molecule has 0 unspecified atom stereocenters. The van der Waals surface area contributed by atoms with E-state index in [0.717, 1.165) is 6.42 Å². The normalized spacial score (nSPS) is 10.5. The highest BCUT2D eigenvalue weighted by Gasteiger charge is 2.18. The monoisotopic (exact) mass is 544 g/mol. The molecule has 206 valence electrons. The van der Waals surface area contributed by atoms with Crippen molar-refractivity contribution >= 4 is 21.5 Å². The molecule has 0 radical (unpaired) electrons. The lowest BCUT2D eigenvalue weighted by Gasteiger charge is -2.20. The summed E-state index contributed by atoms with van der Waals surface area (Å²) in [5.74, 6) is 0. The molecule has 0 aliphatic carbocycles. The van der Waals surface area contributed by atoms with Crippen LogP contribution in [-0.4, -0.2) is 5.48 Å². The molecule has 0 amide bonds. The van der Waals surface area contributed by atoms with Crippen molar-refractivity contribution in [2.75, 3.05) is 0 Å². The molecule has 0 bridgehead atoms. The predicted molar refractivity (Wildman–Crippen MR) is 181 cm³/mol. The summed E-state index contributed by atoms with van der Waals surface area (Å²) in [6.45, 7) is 4.32. The summed E-state index contributed by atoms with van der Waals surface area (Å²) in [5.41, 5.74) is 10.6. The summed E-state index contributed by atoms with van der Waals surface area (Å²) in [7, 11) is 0. The lowest BCUT2D eigenvalue weighted by molar-refractivity contribution is 0.824. The molecule has 0 spiro atoms. The minimum Gasteiger partial charge on any atom is -0.412 e. The Kier molecular flexibility index (Phi) is 8.92. The van der Waals surface area contributed by atoms with E-state index in [1.807, 2.05) is 18.2 Å². The topological polar surface area (TPSA) is 31.5 Å². The van der Waals surface area contributed by atoms with Gasteiger partial charge in [0.05, 0.1) is 0 Å². The minimum absolute atomic E-state index is 0. The maximum atomic E-state index is 2.32. The van der Waals surface area contributed by atoms with Crippen LogP contribution >= 0.6 is 0 Å². The van der Waals surface area contributed by atoms with Gasteiger partial charge in [0.1, 0.15) is 0 Å². The maximum Gasteiger partial charge on any atom is -0.00178 e. The first-order valence-electron chi connectivity index (χ1n) is 14.3. The van der Waals surface area contributed by atoms with Gasteiger partial charge in [-0.25, -0.2) is 0 Å². The number of fused-ring (bicyclic) bond motifs is 2. The van der Waals surface area contributed by atoms with Crippen LogP contribution in [0.1, 0.15) is 22.3 Å². The summed E-state index contributed by atoms with van der Waals surface area (Å²) in [4.78, 5) is 0. The predicted octanol–water partition coefficient (Wildman–Crippen LogP) is 10.4. The quantitative estimate of drug-likeness (QED) is 0.211. The van der Waals surface area contributed by atoms with Gasteiger partial charge < -0.3 is 5.48 Å². The molecule has 0 aliphatic heterocycles. The Hall–Kier alpha value is -4.98. The molecular weight excluding hydrogens is 508 g/mol. The second kappa shape index (κ2) is 13.1. The van der Waals surface area contributed by atoms with Crippen LogP contribution in [0.4, 0.5) is 0 Å². The van der Waals surface area contributed by atoms with Crippen LogP contribution in [0.15, 0.2) is 158 Å². The number of hydrogen-bond donors (Lipinski definition) is 0. The first kappa shape index (κ1) is 28.5. The van der Waals surface area contributed by atoms with Crippen molar-refractivity contribution in [3.63, 3.8) is 0 Å². The highest BCUT2D eigenvalue weighted by atomic mass is 16.0. The number of rotatable bonds is 4. The molecule has 1 nitrogen and oxygen atoms in total. The van der Waals surface area contributed by atoms with Gasteiger partial charge in [-0.2, -0.15) is 0 Å². The van der Waals surface area contributed by atoms with Crippen LogP contribution in [0.5, 0.6) is 0 Å². The van der Waals surface area contributed by atoms with E-state index in [1.165, 1.54) is 66.1 Å². The fourth-order valence-corrected chi connectivity index (χ4v) is 5.77. The van der Waals surface area contributed by atoms with Crippen LogP contribution in [-0.2, 0) is 6.42 Å². The summed E-state index contributed by atoms with van der Waals surface area (Å²) >= 11 is 0. The highest BCUT2D eigenvalue weighted by molar-refractivity contribution is 6.11. The van der Waals surface area contributed by atoms with Gasteiger partial charge in [0.25, 0.3) is 0 Å². The van der Waals surface area contributed by atoms with E-state index in [2.05, 4.69) is 153 Å². The standard InChI is InChI=1S/C34H26.C7H8.H2O/c1-24-19-20-26-13-5-9-17-30(26)33(24)34-31-18-10-6-14-27(31)21-22-32(34)29-16-8-7-15-28(29)23-25-11-3-2-4-12-25;1-7-5-3-2-4-6-7;/h2-22H,23H2,1H3;2-6H,1H3;1H2. The second-order valence-corrected chi connectivity index (χ2v) is 10.7. The van der Waals surface area contributed by atoms with Crippen molar-refractivity contribution in [2.45, 2.75) is 20.3 Å². The van der Waals surface area contributed by atoms with Crippen LogP contribution in [0.2, 0.25) is 0 Å². The van der Waals surface area contributed by atoms with E-state index in [-0.39, 0.29) is 5.48 Å². The largest absolute Gasteiger partial charge is 0.412 e. The molecule has 0 saturated carbocycles. The van der Waals surface area contributed by atoms with Gasteiger partial charge in [0.2, 0.25) is 0 Å². The zero-order chi connectivity index (χ0) is 28.0. The Morgan fingerprint density at radius 3 is 1.57 bits per heavy atom. The van der Waals surface area contributed by atoms with E-state index in [0.29, 0.717) is 0 Å². The SMILES string of the molecule is Cc1ccc2ccccc2c1-c1c(-c2ccccc2Cc2ccccc2)ccc2ccccc12.Cc1ccccc1.O. The van der Waals surface area contributed by atoms with E-state index in [1.54, 1.807) is 0 Å². The summed E-state index contributed by atoms with van der Waals surface area (Å²) in [5, 5.41) is 5.16. The lowest BCUT2D eigenvalue weighted by Crippen LogP contribution is -1.96. The molecule has 42 heavy (non-hydrogen) atoms. The molecule has 7 aromatic rings. The zero-order valence-corrected chi connectivity index (χ0v) is 24.2. The van der Waals surface area contributed by atoms with Gasteiger partial charge in [-0.3, -0.25) is 0 Å². The van der Waals surface area contributed by atoms with Crippen molar-refractivity contribution in [1.29, 1.82) is 0 Å². The smallest absolute Gasteiger partial charge is 0.00178 e. The average molecular weight is 545 g/mol.